The van der Waals surface area contributed by atoms with Gasteiger partial charge in [-0.05, 0) is 42.7 Å². The molecule has 0 unspecified atom stereocenters. The lowest BCUT2D eigenvalue weighted by Gasteiger charge is -2.11. The molecule has 0 saturated carbocycles. The highest BCUT2D eigenvalue weighted by atomic mass is 19.1. The van der Waals surface area contributed by atoms with Crippen LogP contribution in [0.4, 0.5) is 14.9 Å². The first kappa shape index (κ1) is 16.5. The fraction of sp³-hybridized carbons (Fsp3) is 0.176. The van der Waals surface area contributed by atoms with Crippen molar-refractivity contribution in [3.05, 3.63) is 65.0 Å². The topological polar surface area (TPSA) is 84.2 Å². The van der Waals surface area contributed by atoms with E-state index in [9.17, 15) is 14.0 Å². The summed E-state index contributed by atoms with van der Waals surface area (Å²) in [7, 11) is 0. The standard InChI is InChI=1S/C17H18FN3O2/c1-11-6-7-13(16(19)22)10-15(11)21-17(23)20-9-8-12-4-2-3-5-14(12)18/h2-7,10H,8-9H2,1H3,(H2,19,22)(H2,20,21,23). The molecule has 2 rings (SSSR count). The fourth-order valence-electron chi connectivity index (χ4n) is 2.09. The van der Waals surface area contributed by atoms with E-state index < -0.39 is 11.9 Å². The molecule has 6 heteroatoms. The van der Waals surface area contributed by atoms with E-state index in [1.54, 1.807) is 37.3 Å². The van der Waals surface area contributed by atoms with Crippen molar-refractivity contribution in [3.8, 4) is 0 Å². The summed E-state index contributed by atoms with van der Waals surface area (Å²) in [5.41, 5.74) is 7.39. The average Bonchev–Trinajstić information content (AvgIpc) is 2.51. The highest BCUT2D eigenvalue weighted by molar-refractivity contribution is 5.96. The van der Waals surface area contributed by atoms with E-state index >= 15 is 0 Å². The number of nitrogens with one attached hydrogen (secondary N) is 2. The lowest BCUT2D eigenvalue weighted by atomic mass is 10.1. The van der Waals surface area contributed by atoms with Crippen LogP contribution in [0.15, 0.2) is 42.5 Å². The summed E-state index contributed by atoms with van der Waals surface area (Å²) in [5, 5.41) is 5.30. The van der Waals surface area contributed by atoms with E-state index in [0.717, 1.165) is 5.56 Å². The monoisotopic (exact) mass is 315 g/mol. The first-order valence-corrected chi connectivity index (χ1v) is 7.16. The van der Waals surface area contributed by atoms with Gasteiger partial charge in [-0.15, -0.1) is 0 Å². The predicted molar refractivity (Wildman–Crippen MR) is 86.8 cm³/mol. The molecule has 0 aliphatic rings. The quantitative estimate of drug-likeness (QED) is 0.792. The highest BCUT2D eigenvalue weighted by Crippen LogP contribution is 2.16. The molecule has 120 valence electrons. The average molecular weight is 315 g/mol. The molecule has 4 N–H and O–H groups in total. The first-order valence-electron chi connectivity index (χ1n) is 7.16. The second-order valence-corrected chi connectivity index (χ2v) is 5.12. The van der Waals surface area contributed by atoms with Crippen LogP contribution in [0.3, 0.4) is 0 Å². The molecule has 23 heavy (non-hydrogen) atoms. The molecule has 0 bridgehead atoms. The molecule has 0 fully saturated rings. The number of aryl methyl sites for hydroxylation is 1. The fourth-order valence-corrected chi connectivity index (χ4v) is 2.09. The second kappa shape index (κ2) is 7.40. The normalized spacial score (nSPS) is 10.2. The van der Waals surface area contributed by atoms with Gasteiger partial charge in [-0.3, -0.25) is 4.79 Å². The smallest absolute Gasteiger partial charge is 0.319 e. The molecule has 0 aliphatic carbocycles. The van der Waals surface area contributed by atoms with E-state index in [1.165, 1.54) is 12.1 Å². The summed E-state index contributed by atoms with van der Waals surface area (Å²) in [6, 6.07) is 10.8. The Morgan fingerprint density at radius 3 is 2.61 bits per heavy atom. The SMILES string of the molecule is Cc1ccc(C(N)=O)cc1NC(=O)NCCc1ccccc1F. The van der Waals surface area contributed by atoms with Gasteiger partial charge >= 0.3 is 6.03 Å². The summed E-state index contributed by atoms with van der Waals surface area (Å²) in [4.78, 5) is 23.1. The van der Waals surface area contributed by atoms with Gasteiger partial charge < -0.3 is 16.4 Å². The van der Waals surface area contributed by atoms with E-state index in [1.807, 2.05) is 0 Å². The minimum absolute atomic E-state index is 0.292. The van der Waals surface area contributed by atoms with Gasteiger partial charge in [0.15, 0.2) is 0 Å². The molecule has 5 nitrogen and oxygen atoms in total. The van der Waals surface area contributed by atoms with Gasteiger partial charge in [0, 0.05) is 17.8 Å². The molecule has 3 amide bonds. The van der Waals surface area contributed by atoms with Gasteiger partial charge in [-0.2, -0.15) is 0 Å². The number of anilines is 1. The molecule has 0 saturated heterocycles. The lowest BCUT2D eigenvalue weighted by molar-refractivity contribution is 0.100. The van der Waals surface area contributed by atoms with Crippen molar-refractivity contribution in [2.45, 2.75) is 13.3 Å². The van der Waals surface area contributed by atoms with Crippen LogP contribution >= 0.6 is 0 Å². The van der Waals surface area contributed by atoms with E-state index in [-0.39, 0.29) is 5.82 Å². The summed E-state index contributed by atoms with van der Waals surface area (Å²) in [5.74, 6) is -0.854. The number of halogens is 1. The lowest BCUT2D eigenvalue weighted by Crippen LogP contribution is -2.31. The van der Waals surface area contributed by atoms with E-state index in [4.69, 9.17) is 5.73 Å². The zero-order valence-corrected chi connectivity index (χ0v) is 12.7. The van der Waals surface area contributed by atoms with Gasteiger partial charge in [-0.1, -0.05) is 24.3 Å². The third kappa shape index (κ3) is 4.54. The molecule has 0 radical (unpaired) electrons. The van der Waals surface area contributed by atoms with E-state index in [0.29, 0.717) is 29.8 Å². The second-order valence-electron chi connectivity index (χ2n) is 5.12. The Balaban J connectivity index is 1.91. The van der Waals surface area contributed by atoms with Crippen molar-refractivity contribution in [1.29, 1.82) is 0 Å². The van der Waals surface area contributed by atoms with Crippen LogP contribution in [0, 0.1) is 12.7 Å². The van der Waals surface area contributed by atoms with Crippen molar-refractivity contribution in [2.24, 2.45) is 5.73 Å². The number of rotatable bonds is 5. The molecular formula is C17H18FN3O2. The Morgan fingerprint density at radius 1 is 1.17 bits per heavy atom. The third-order valence-corrected chi connectivity index (χ3v) is 3.41. The number of urea groups is 1. The van der Waals surface area contributed by atoms with Gasteiger partial charge in [-0.25, -0.2) is 9.18 Å². The summed E-state index contributed by atoms with van der Waals surface area (Å²) in [6.07, 6.45) is 0.389. The van der Waals surface area contributed by atoms with Crippen LogP contribution in [0.25, 0.3) is 0 Å². The first-order chi connectivity index (χ1) is 11.0. The van der Waals surface area contributed by atoms with Crippen molar-refractivity contribution in [3.63, 3.8) is 0 Å². The van der Waals surface area contributed by atoms with E-state index in [2.05, 4.69) is 10.6 Å². The van der Waals surface area contributed by atoms with Crippen LogP contribution in [0.5, 0.6) is 0 Å². The molecule has 0 aliphatic heterocycles. The van der Waals surface area contributed by atoms with Gasteiger partial charge in [0.25, 0.3) is 0 Å². The highest BCUT2D eigenvalue weighted by Gasteiger charge is 2.08. The molecule has 0 atom stereocenters. The minimum Gasteiger partial charge on any atom is -0.366 e. The van der Waals surface area contributed by atoms with Crippen LogP contribution in [-0.4, -0.2) is 18.5 Å². The van der Waals surface area contributed by atoms with Crippen LogP contribution < -0.4 is 16.4 Å². The molecule has 0 spiro atoms. The molecule has 2 aromatic rings. The maximum atomic E-state index is 13.5. The van der Waals surface area contributed by atoms with Gasteiger partial charge in [0.05, 0.1) is 0 Å². The van der Waals surface area contributed by atoms with Crippen molar-refractivity contribution < 1.29 is 14.0 Å². The largest absolute Gasteiger partial charge is 0.366 e. The third-order valence-electron chi connectivity index (χ3n) is 3.41. The van der Waals surface area contributed by atoms with Crippen molar-refractivity contribution >= 4 is 17.6 Å². The number of amides is 3. The number of carbonyl (C=O) groups is 2. The Labute approximate surface area is 133 Å². The minimum atomic E-state index is -0.562. The van der Waals surface area contributed by atoms with Gasteiger partial charge in [0.2, 0.25) is 5.91 Å². The zero-order valence-electron chi connectivity index (χ0n) is 12.7. The zero-order chi connectivity index (χ0) is 16.8. The molecular weight excluding hydrogens is 297 g/mol. The Bertz CT molecular complexity index is 732. The van der Waals surface area contributed by atoms with Crippen LogP contribution in [-0.2, 0) is 6.42 Å². The Hall–Kier alpha value is -2.89. The van der Waals surface area contributed by atoms with Crippen LogP contribution in [0.1, 0.15) is 21.5 Å². The number of hydrogen-bond donors (Lipinski definition) is 3. The number of hydrogen-bond acceptors (Lipinski definition) is 2. The Morgan fingerprint density at radius 2 is 1.91 bits per heavy atom. The maximum Gasteiger partial charge on any atom is 0.319 e. The van der Waals surface area contributed by atoms with Crippen molar-refractivity contribution in [2.75, 3.05) is 11.9 Å². The molecule has 2 aromatic carbocycles. The predicted octanol–water partition coefficient (Wildman–Crippen LogP) is 2.60. The summed E-state index contributed by atoms with van der Waals surface area (Å²) < 4.78 is 13.5. The molecule has 0 heterocycles. The summed E-state index contributed by atoms with van der Waals surface area (Å²) in [6.45, 7) is 2.10. The number of carbonyl (C=O) groups excluding carboxylic acids is 2. The Kier molecular flexibility index (Phi) is 5.30. The number of benzene rings is 2. The van der Waals surface area contributed by atoms with Crippen LogP contribution in [0.2, 0.25) is 0 Å². The number of primary amides is 1. The maximum absolute atomic E-state index is 13.5. The van der Waals surface area contributed by atoms with Gasteiger partial charge in [0.1, 0.15) is 5.82 Å². The van der Waals surface area contributed by atoms with Crippen molar-refractivity contribution in [1.82, 2.24) is 5.32 Å². The number of nitrogens with two attached hydrogens (primary N) is 1. The summed E-state index contributed by atoms with van der Waals surface area (Å²) >= 11 is 0. The molecule has 0 aromatic heterocycles.